The van der Waals surface area contributed by atoms with E-state index in [9.17, 15) is 9.90 Å². The van der Waals surface area contributed by atoms with E-state index in [1.165, 1.54) is 27.4 Å². The Morgan fingerprint density at radius 2 is 1.65 bits per heavy atom. The number of ether oxygens (including phenoxy) is 3. The lowest BCUT2D eigenvalue weighted by atomic mass is 10.1. The van der Waals surface area contributed by atoms with Crippen molar-refractivity contribution in [3.63, 3.8) is 0 Å². The first-order valence-corrected chi connectivity index (χ1v) is 6.91. The van der Waals surface area contributed by atoms with Gasteiger partial charge in [0.1, 0.15) is 5.75 Å². The number of para-hydroxylation sites is 1. The van der Waals surface area contributed by atoms with Gasteiger partial charge in [-0.2, -0.15) is 0 Å². The fraction of sp³-hybridized carbons (Fsp3) is 0.167. The number of phenolic OH excluding ortho intramolecular Hbond substituents is 1. The molecule has 0 saturated carbocycles. The Morgan fingerprint density at radius 1 is 0.957 bits per heavy atom. The molecule has 120 valence electrons. The second-order valence-corrected chi connectivity index (χ2v) is 4.64. The molecular weight excluding hydrogens is 296 g/mol. The summed E-state index contributed by atoms with van der Waals surface area (Å²) in [6.45, 7) is 0. The Hall–Kier alpha value is -2.95. The Kier molecular flexibility index (Phi) is 5.25. The molecule has 0 aliphatic carbocycles. The van der Waals surface area contributed by atoms with Gasteiger partial charge in [0.2, 0.25) is 5.75 Å². The number of ketones is 1. The molecule has 0 fully saturated rings. The topological polar surface area (TPSA) is 65.0 Å². The molecule has 2 rings (SSSR count). The molecule has 0 aromatic heterocycles. The average Bonchev–Trinajstić information content (AvgIpc) is 2.59. The summed E-state index contributed by atoms with van der Waals surface area (Å²) in [5, 5.41) is 9.72. The fourth-order valence-electron chi connectivity index (χ4n) is 2.18. The number of carbonyl (C=O) groups is 1. The minimum absolute atomic E-state index is 0.107. The maximum atomic E-state index is 12.4. The number of aromatic hydroxyl groups is 1. The minimum Gasteiger partial charge on any atom is -0.507 e. The van der Waals surface area contributed by atoms with Crippen LogP contribution in [0.4, 0.5) is 0 Å². The van der Waals surface area contributed by atoms with E-state index < -0.39 is 0 Å². The molecule has 0 bridgehead atoms. The number of benzene rings is 2. The second kappa shape index (κ2) is 7.35. The van der Waals surface area contributed by atoms with E-state index in [0.717, 1.165) is 0 Å². The van der Waals surface area contributed by atoms with Crippen molar-refractivity contribution in [2.45, 2.75) is 0 Å². The number of allylic oxidation sites excluding steroid dienone is 1. The molecule has 0 radical (unpaired) electrons. The van der Waals surface area contributed by atoms with Gasteiger partial charge >= 0.3 is 0 Å². The molecule has 5 heteroatoms. The predicted octanol–water partition coefficient (Wildman–Crippen LogP) is 3.31. The van der Waals surface area contributed by atoms with Crippen LogP contribution in [0.15, 0.2) is 42.5 Å². The quantitative estimate of drug-likeness (QED) is 0.654. The summed E-state index contributed by atoms with van der Waals surface area (Å²) in [6, 6.07) is 10.0. The molecule has 2 aromatic carbocycles. The van der Waals surface area contributed by atoms with Crippen molar-refractivity contribution in [2.75, 3.05) is 21.3 Å². The summed E-state index contributed by atoms with van der Waals surface area (Å²) in [5.74, 6) is 0.975. The van der Waals surface area contributed by atoms with Crippen molar-refractivity contribution in [2.24, 2.45) is 0 Å². The maximum absolute atomic E-state index is 12.4. The van der Waals surface area contributed by atoms with Crippen LogP contribution in [-0.4, -0.2) is 32.2 Å². The van der Waals surface area contributed by atoms with Crippen LogP contribution in [0.1, 0.15) is 15.9 Å². The highest BCUT2D eigenvalue weighted by atomic mass is 16.5. The highest BCUT2D eigenvalue weighted by Crippen LogP contribution is 2.40. The van der Waals surface area contributed by atoms with Crippen LogP contribution in [-0.2, 0) is 0 Å². The third-order valence-electron chi connectivity index (χ3n) is 3.32. The Labute approximate surface area is 134 Å². The van der Waals surface area contributed by atoms with Gasteiger partial charge in [0, 0.05) is 5.56 Å². The largest absolute Gasteiger partial charge is 0.507 e. The molecule has 0 atom stereocenters. The highest BCUT2D eigenvalue weighted by molar-refractivity contribution is 6.09. The van der Waals surface area contributed by atoms with Crippen LogP contribution >= 0.6 is 0 Å². The zero-order chi connectivity index (χ0) is 16.8. The first kappa shape index (κ1) is 16.4. The SMILES string of the molecule is COc1ccc(C(=O)/C=C/c2ccccc2O)c(OC)c1OC. The normalized spacial score (nSPS) is 10.6. The van der Waals surface area contributed by atoms with E-state index in [1.807, 2.05) is 0 Å². The standard InChI is InChI=1S/C18H18O5/c1-21-16-11-9-13(17(22-2)18(16)23-3)15(20)10-8-12-6-4-5-7-14(12)19/h4-11,19H,1-3H3/b10-8+. The average molecular weight is 314 g/mol. The smallest absolute Gasteiger partial charge is 0.204 e. The van der Waals surface area contributed by atoms with Crippen molar-refractivity contribution < 1.29 is 24.1 Å². The lowest BCUT2D eigenvalue weighted by Gasteiger charge is -2.14. The third kappa shape index (κ3) is 3.45. The molecule has 2 aromatic rings. The molecule has 0 heterocycles. The number of rotatable bonds is 6. The molecule has 5 nitrogen and oxygen atoms in total. The molecule has 0 aliphatic heterocycles. The van der Waals surface area contributed by atoms with E-state index in [0.29, 0.717) is 28.4 Å². The van der Waals surface area contributed by atoms with Crippen LogP contribution in [0, 0.1) is 0 Å². The first-order chi connectivity index (χ1) is 11.1. The van der Waals surface area contributed by atoms with Crippen molar-refractivity contribution in [1.82, 2.24) is 0 Å². The van der Waals surface area contributed by atoms with E-state index in [4.69, 9.17) is 14.2 Å². The van der Waals surface area contributed by atoms with Gasteiger partial charge in [0.25, 0.3) is 0 Å². The summed E-state index contributed by atoms with van der Waals surface area (Å²) in [4.78, 5) is 12.4. The summed E-state index contributed by atoms with van der Waals surface area (Å²) in [7, 11) is 4.45. The summed E-state index contributed by atoms with van der Waals surface area (Å²) < 4.78 is 15.8. The zero-order valence-corrected chi connectivity index (χ0v) is 13.2. The summed E-state index contributed by atoms with van der Waals surface area (Å²) >= 11 is 0. The van der Waals surface area contributed by atoms with Gasteiger partial charge in [-0.05, 0) is 30.4 Å². The Bertz CT molecular complexity index is 734. The number of hydrogen-bond acceptors (Lipinski definition) is 5. The monoisotopic (exact) mass is 314 g/mol. The van der Waals surface area contributed by atoms with E-state index in [1.54, 1.807) is 42.5 Å². The van der Waals surface area contributed by atoms with Crippen molar-refractivity contribution in [3.8, 4) is 23.0 Å². The van der Waals surface area contributed by atoms with Crippen molar-refractivity contribution in [3.05, 3.63) is 53.6 Å². The minimum atomic E-state index is -0.272. The molecule has 0 saturated heterocycles. The zero-order valence-electron chi connectivity index (χ0n) is 13.2. The third-order valence-corrected chi connectivity index (χ3v) is 3.32. The van der Waals surface area contributed by atoms with Gasteiger partial charge in [-0.15, -0.1) is 0 Å². The predicted molar refractivity (Wildman–Crippen MR) is 87.6 cm³/mol. The fourth-order valence-corrected chi connectivity index (χ4v) is 2.18. The van der Waals surface area contributed by atoms with Crippen LogP contribution < -0.4 is 14.2 Å². The van der Waals surface area contributed by atoms with Gasteiger partial charge in [-0.3, -0.25) is 4.79 Å². The Balaban J connectivity index is 2.38. The number of hydrogen-bond donors (Lipinski definition) is 1. The van der Waals surface area contributed by atoms with E-state index >= 15 is 0 Å². The van der Waals surface area contributed by atoms with Gasteiger partial charge < -0.3 is 19.3 Å². The molecule has 0 unspecified atom stereocenters. The van der Waals surface area contributed by atoms with Crippen LogP contribution in [0.3, 0.4) is 0 Å². The van der Waals surface area contributed by atoms with Gasteiger partial charge in [-0.25, -0.2) is 0 Å². The van der Waals surface area contributed by atoms with Crippen LogP contribution in [0.25, 0.3) is 6.08 Å². The number of phenols is 1. The number of methoxy groups -OCH3 is 3. The van der Waals surface area contributed by atoms with Gasteiger partial charge in [-0.1, -0.05) is 18.2 Å². The molecule has 0 spiro atoms. The molecule has 23 heavy (non-hydrogen) atoms. The highest BCUT2D eigenvalue weighted by Gasteiger charge is 2.19. The molecule has 0 aliphatic rings. The number of carbonyl (C=O) groups excluding carboxylic acids is 1. The lowest BCUT2D eigenvalue weighted by Crippen LogP contribution is -2.02. The summed E-state index contributed by atoms with van der Waals surface area (Å²) in [5.41, 5.74) is 0.900. The molecular formula is C18H18O5. The molecule has 0 amide bonds. The van der Waals surface area contributed by atoms with Crippen LogP contribution in [0.2, 0.25) is 0 Å². The second-order valence-electron chi connectivity index (χ2n) is 4.64. The van der Waals surface area contributed by atoms with Crippen LogP contribution in [0.5, 0.6) is 23.0 Å². The van der Waals surface area contributed by atoms with Crippen molar-refractivity contribution >= 4 is 11.9 Å². The summed E-state index contributed by atoms with van der Waals surface area (Å²) in [6.07, 6.45) is 2.92. The van der Waals surface area contributed by atoms with E-state index in [-0.39, 0.29) is 11.5 Å². The van der Waals surface area contributed by atoms with Gasteiger partial charge in [0.05, 0.1) is 26.9 Å². The molecule has 1 N–H and O–H groups in total. The van der Waals surface area contributed by atoms with E-state index in [2.05, 4.69) is 0 Å². The van der Waals surface area contributed by atoms with Crippen molar-refractivity contribution in [1.29, 1.82) is 0 Å². The Morgan fingerprint density at radius 3 is 2.26 bits per heavy atom. The first-order valence-electron chi connectivity index (χ1n) is 6.91. The van der Waals surface area contributed by atoms with Gasteiger partial charge in [0.15, 0.2) is 17.3 Å². The lowest BCUT2D eigenvalue weighted by molar-refractivity contribution is 0.104. The maximum Gasteiger partial charge on any atom is 0.204 e.